The predicted molar refractivity (Wildman–Crippen MR) is 91.1 cm³/mol. The second-order valence-electron chi connectivity index (χ2n) is 5.96. The third kappa shape index (κ3) is 3.75. The number of benzene rings is 2. The zero-order chi connectivity index (χ0) is 17.2. The molecule has 0 unspecified atom stereocenters. The van der Waals surface area contributed by atoms with Crippen LogP contribution in [0.15, 0.2) is 42.5 Å². The Hall–Kier alpha value is -2.36. The third-order valence-electron chi connectivity index (χ3n) is 3.97. The van der Waals surface area contributed by atoms with E-state index < -0.39 is 10.0 Å². The molecule has 124 valence electrons. The van der Waals surface area contributed by atoms with Gasteiger partial charge in [-0.25, -0.2) is 13.1 Å². The SMILES string of the molecule is Cc1cccc2c1OC[C@H](NS(=O)(=O)Cc1ccc(C#N)cc1)C2. The van der Waals surface area contributed by atoms with Crippen LogP contribution in [0, 0.1) is 18.3 Å². The summed E-state index contributed by atoms with van der Waals surface area (Å²) in [5.74, 6) is 0.746. The van der Waals surface area contributed by atoms with E-state index >= 15 is 0 Å². The fraction of sp³-hybridized carbons (Fsp3) is 0.278. The second kappa shape index (κ2) is 6.63. The molecule has 24 heavy (non-hydrogen) atoms. The van der Waals surface area contributed by atoms with Gasteiger partial charge in [-0.2, -0.15) is 5.26 Å². The maximum atomic E-state index is 12.4. The van der Waals surface area contributed by atoms with E-state index in [0.29, 0.717) is 24.2 Å². The number of nitrogens with one attached hydrogen (secondary N) is 1. The summed E-state index contributed by atoms with van der Waals surface area (Å²) in [5.41, 5.74) is 3.24. The fourth-order valence-electron chi connectivity index (χ4n) is 2.86. The molecule has 0 spiro atoms. The van der Waals surface area contributed by atoms with E-state index in [2.05, 4.69) is 4.72 Å². The van der Waals surface area contributed by atoms with Crippen LogP contribution in [-0.2, 0) is 22.2 Å². The molecule has 0 aliphatic carbocycles. The molecule has 3 rings (SSSR count). The van der Waals surface area contributed by atoms with Crippen LogP contribution in [0.25, 0.3) is 0 Å². The molecule has 2 aromatic rings. The second-order valence-corrected chi connectivity index (χ2v) is 7.71. The van der Waals surface area contributed by atoms with E-state index in [1.54, 1.807) is 24.3 Å². The highest BCUT2D eigenvalue weighted by Crippen LogP contribution is 2.28. The lowest BCUT2D eigenvalue weighted by molar-refractivity contribution is 0.252. The standard InChI is InChI=1S/C18H18N2O3S/c1-13-3-2-4-16-9-17(11-23-18(13)16)20-24(21,22)12-15-7-5-14(10-19)6-8-15/h2-8,17,20H,9,11-12H2,1H3/t17-/m1/s1. The Morgan fingerprint density at radius 2 is 2.00 bits per heavy atom. The van der Waals surface area contributed by atoms with Gasteiger partial charge in [-0.3, -0.25) is 0 Å². The Kier molecular flexibility index (Phi) is 4.56. The van der Waals surface area contributed by atoms with Crippen molar-refractivity contribution in [3.63, 3.8) is 0 Å². The minimum atomic E-state index is -3.48. The van der Waals surface area contributed by atoms with Crippen molar-refractivity contribution in [1.82, 2.24) is 4.72 Å². The van der Waals surface area contributed by atoms with Gasteiger partial charge in [-0.05, 0) is 42.2 Å². The van der Waals surface area contributed by atoms with Gasteiger partial charge in [0.05, 0.1) is 23.4 Å². The monoisotopic (exact) mass is 342 g/mol. The number of para-hydroxylation sites is 1. The Labute approximate surface area is 141 Å². The van der Waals surface area contributed by atoms with Crippen LogP contribution in [0.4, 0.5) is 0 Å². The van der Waals surface area contributed by atoms with E-state index in [4.69, 9.17) is 10.00 Å². The van der Waals surface area contributed by atoms with Crippen molar-refractivity contribution in [2.45, 2.75) is 25.1 Å². The van der Waals surface area contributed by atoms with E-state index in [0.717, 1.165) is 16.9 Å². The maximum Gasteiger partial charge on any atom is 0.216 e. The fourth-order valence-corrected chi connectivity index (χ4v) is 4.23. The third-order valence-corrected chi connectivity index (χ3v) is 5.38. The van der Waals surface area contributed by atoms with Crippen molar-refractivity contribution in [1.29, 1.82) is 5.26 Å². The molecule has 2 aromatic carbocycles. The number of rotatable bonds is 4. The zero-order valence-corrected chi connectivity index (χ0v) is 14.1. The molecular weight excluding hydrogens is 324 g/mol. The molecule has 1 atom stereocenters. The summed E-state index contributed by atoms with van der Waals surface area (Å²) in [5, 5.41) is 8.78. The molecule has 0 aromatic heterocycles. The molecule has 0 radical (unpaired) electrons. The molecule has 6 heteroatoms. The summed E-state index contributed by atoms with van der Waals surface area (Å²) in [4.78, 5) is 0. The lowest BCUT2D eigenvalue weighted by Crippen LogP contribution is -2.43. The number of ether oxygens (including phenoxy) is 1. The first-order valence-electron chi connectivity index (χ1n) is 7.67. The van der Waals surface area contributed by atoms with Gasteiger partial charge in [0.15, 0.2) is 0 Å². The summed E-state index contributed by atoms with van der Waals surface area (Å²) in [6, 6.07) is 14.2. The molecule has 1 aliphatic heterocycles. The Balaban J connectivity index is 1.68. The quantitative estimate of drug-likeness (QED) is 0.924. The van der Waals surface area contributed by atoms with Crippen LogP contribution in [0.5, 0.6) is 5.75 Å². The Bertz CT molecular complexity index is 883. The van der Waals surface area contributed by atoms with Gasteiger partial charge in [0, 0.05) is 0 Å². The number of hydrogen-bond donors (Lipinski definition) is 1. The van der Waals surface area contributed by atoms with Crippen molar-refractivity contribution < 1.29 is 13.2 Å². The van der Waals surface area contributed by atoms with Gasteiger partial charge < -0.3 is 4.74 Å². The summed E-state index contributed by atoms with van der Waals surface area (Å²) >= 11 is 0. The highest BCUT2D eigenvalue weighted by atomic mass is 32.2. The average molecular weight is 342 g/mol. The van der Waals surface area contributed by atoms with Gasteiger partial charge in [-0.1, -0.05) is 30.3 Å². The maximum absolute atomic E-state index is 12.4. The topological polar surface area (TPSA) is 79.2 Å². The molecule has 1 aliphatic rings. The van der Waals surface area contributed by atoms with Crippen LogP contribution in [0.2, 0.25) is 0 Å². The van der Waals surface area contributed by atoms with Crippen molar-refractivity contribution in [2.24, 2.45) is 0 Å². The summed E-state index contributed by atoms with van der Waals surface area (Å²) in [7, 11) is -3.48. The van der Waals surface area contributed by atoms with Crippen LogP contribution >= 0.6 is 0 Å². The van der Waals surface area contributed by atoms with Gasteiger partial charge in [0.25, 0.3) is 0 Å². The first kappa shape index (κ1) is 16.5. The first-order chi connectivity index (χ1) is 11.5. The van der Waals surface area contributed by atoms with E-state index in [-0.39, 0.29) is 11.8 Å². The predicted octanol–water partition coefficient (Wildman–Crippen LogP) is 2.29. The van der Waals surface area contributed by atoms with Crippen molar-refractivity contribution in [3.05, 3.63) is 64.7 Å². The van der Waals surface area contributed by atoms with Gasteiger partial charge >= 0.3 is 0 Å². The minimum absolute atomic E-state index is 0.115. The molecule has 0 fully saturated rings. The number of fused-ring (bicyclic) bond motifs is 1. The Morgan fingerprint density at radius 3 is 2.71 bits per heavy atom. The van der Waals surface area contributed by atoms with Crippen LogP contribution < -0.4 is 9.46 Å². The van der Waals surface area contributed by atoms with E-state index in [1.165, 1.54) is 0 Å². The van der Waals surface area contributed by atoms with E-state index in [1.807, 2.05) is 31.2 Å². The summed E-state index contributed by atoms with van der Waals surface area (Å²) in [6.45, 7) is 2.30. The van der Waals surface area contributed by atoms with Gasteiger partial charge in [0.1, 0.15) is 12.4 Å². The average Bonchev–Trinajstić information content (AvgIpc) is 2.55. The number of hydrogen-bond acceptors (Lipinski definition) is 4. The van der Waals surface area contributed by atoms with Crippen LogP contribution in [-0.4, -0.2) is 21.1 Å². The lowest BCUT2D eigenvalue weighted by atomic mass is 10.0. The molecule has 1 N–H and O–H groups in total. The largest absolute Gasteiger partial charge is 0.491 e. The number of nitrogens with zero attached hydrogens (tertiary/aromatic N) is 1. The lowest BCUT2D eigenvalue weighted by Gasteiger charge is -2.27. The Morgan fingerprint density at radius 1 is 1.25 bits per heavy atom. The molecule has 0 saturated carbocycles. The highest BCUT2D eigenvalue weighted by Gasteiger charge is 2.25. The van der Waals surface area contributed by atoms with Gasteiger partial charge in [0.2, 0.25) is 10.0 Å². The molecule has 0 amide bonds. The molecule has 0 saturated heterocycles. The number of sulfonamides is 1. The molecule has 0 bridgehead atoms. The summed E-state index contributed by atoms with van der Waals surface area (Å²) in [6.07, 6.45) is 0.615. The number of nitriles is 1. The smallest absolute Gasteiger partial charge is 0.216 e. The normalized spacial score (nSPS) is 16.8. The number of aryl methyl sites for hydroxylation is 1. The van der Waals surface area contributed by atoms with Gasteiger partial charge in [-0.15, -0.1) is 0 Å². The van der Waals surface area contributed by atoms with Crippen molar-refractivity contribution >= 4 is 10.0 Å². The minimum Gasteiger partial charge on any atom is -0.491 e. The van der Waals surface area contributed by atoms with E-state index in [9.17, 15) is 8.42 Å². The first-order valence-corrected chi connectivity index (χ1v) is 9.32. The van der Waals surface area contributed by atoms with Crippen molar-refractivity contribution in [2.75, 3.05) is 6.61 Å². The van der Waals surface area contributed by atoms with Crippen molar-refractivity contribution in [3.8, 4) is 11.8 Å². The van der Waals surface area contributed by atoms with Crippen LogP contribution in [0.1, 0.15) is 22.3 Å². The molecular formula is C18H18N2O3S. The molecule has 5 nitrogen and oxygen atoms in total. The van der Waals surface area contributed by atoms with Crippen LogP contribution in [0.3, 0.4) is 0 Å². The molecule has 1 heterocycles. The zero-order valence-electron chi connectivity index (χ0n) is 13.3. The highest BCUT2D eigenvalue weighted by molar-refractivity contribution is 7.88. The summed E-state index contributed by atoms with van der Waals surface area (Å²) < 4.78 is 33.2.